The molecule has 0 bridgehead atoms. The number of carbonyl (C=O) groups is 1. The van der Waals surface area contributed by atoms with Crippen LogP contribution in [0.3, 0.4) is 0 Å². The molecule has 0 aromatic carbocycles. The molecular formula is C8H5BrN2O2. The molecule has 0 fully saturated rings. The molecule has 2 rings (SSSR count). The molecule has 13 heavy (non-hydrogen) atoms. The highest BCUT2D eigenvalue weighted by molar-refractivity contribution is 9.10. The number of aromatic carboxylic acids is 1. The Morgan fingerprint density at radius 2 is 2.23 bits per heavy atom. The van der Waals surface area contributed by atoms with E-state index in [1.165, 1.54) is 12.3 Å². The maximum absolute atomic E-state index is 10.6. The van der Waals surface area contributed by atoms with E-state index in [9.17, 15) is 4.79 Å². The molecule has 2 aromatic rings. The number of aromatic nitrogens is 2. The van der Waals surface area contributed by atoms with E-state index in [0.717, 1.165) is 5.65 Å². The van der Waals surface area contributed by atoms with Crippen molar-refractivity contribution >= 4 is 27.5 Å². The third kappa shape index (κ3) is 1.42. The van der Waals surface area contributed by atoms with E-state index in [0.29, 0.717) is 4.60 Å². The molecule has 66 valence electrons. The van der Waals surface area contributed by atoms with Gasteiger partial charge in [0.05, 0.1) is 5.56 Å². The highest BCUT2D eigenvalue weighted by atomic mass is 79.9. The smallest absolute Gasteiger partial charge is 0.337 e. The van der Waals surface area contributed by atoms with Crippen LogP contribution < -0.4 is 0 Å². The van der Waals surface area contributed by atoms with Gasteiger partial charge in [0.15, 0.2) is 0 Å². The molecule has 0 saturated heterocycles. The fourth-order valence-corrected chi connectivity index (χ4v) is 1.49. The summed E-state index contributed by atoms with van der Waals surface area (Å²) in [6.45, 7) is 0. The lowest BCUT2D eigenvalue weighted by atomic mass is 10.3. The number of imidazole rings is 1. The van der Waals surface area contributed by atoms with E-state index in [2.05, 4.69) is 20.9 Å². The van der Waals surface area contributed by atoms with Gasteiger partial charge in [0.25, 0.3) is 0 Å². The summed E-state index contributed by atoms with van der Waals surface area (Å²) in [5, 5.41) is 8.71. The minimum atomic E-state index is -0.938. The van der Waals surface area contributed by atoms with Crippen molar-refractivity contribution in [2.24, 2.45) is 0 Å². The SMILES string of the molecule is O=C(O)c1ccc2nc(Br)cn2c1. The highest BCUT2D eigenvalue weighted by Crippen LogP contribution is 2.11. The second-order valence-corrected chi connectivity index (χ2v) is 3.36. The Labute approximate surface area is 82.0 Å². The number of carboxylic acid groups (broad SMARTS) is 1. The topological polar surface area (TPSA) is 54.6 Å². The van der Waals surface area contributed by atoms with Crippen LogP contribution in [-0.2, 0) is 0 Å². The van der Waals surface area contributed by atoms with Crippen LogP contribution in [0, 0.1) is 0 Å². The lowest BCUT2D eigenvalue weighted by Crippen LogP contribution is -1.97. The zero-order valence-corrected chi connectivity index (χ0v) is 8.02. The Bertz CT molecular complexity index is 478. The lowest BCUT2D eigenvalue weighted by Gasteiger charge is -1.94. The number of hydrogen-bond donors (Lipinski definition) is 1. The van der Waals surface area contributed by atoms with Gasteiger partial charge in [-0.2, -0.15) is 0 Å². The minimum absolute atomic E-state index is 0.248. The highest BCUT2D eigenvalue weighted by Gasteiger charge is 2.04. The van der Waals surface area contributed by atoms with Gasteiger partial charge >= 0.3 is 5.97 Å². The van der Waals surface area contributed by atoms with E-state index in [1.807, 2.05) is 0 Å². The quantitative estimate of drug-likeness (QED) is 0.828. The molecule has 0 amide bonds. The van der Waals surface area contributed by atoms with Gasteiger partial charge in [-0.15, -0.1) is 0 Å². The first-order chi connectivity index (χ1) is 6.16. The van der Waals surface area contributed by atoms with Gasteiger partial charge in [-0.25, -0.2) is 9.78 Å². The first-order valence-corrected chi connectivity index (χ1v) is 4.33. The Balaban J connectivity index is 2.67. The van der Waals surface area contributed by atoms with Crippen LogP contribution in [0.2, 0.25) is 0 Å². The fourth-order valence-electron chi connectivity index (χ4n) is 1.09. The number of nitrogens with zero attached hydrogens (tertiary/aromatic N) is 2. The third-order valence-corrected chi connectivity index (χ3v) is 2.05. The summed E-state index contributed by atoms with van der Waals surface area (Å²) in [4.78, 5) is 14.7. The minimum Gasteiger partial charge on any atom is -0.478 e. The summed E-state index contributed by atoms with van der Waals surface area (Å²) in [5.74, 6) is -0.938. The van der Waals surface area contributed by atoms with Gasteiger partial charge in [0.1, 0.15) is 10.3 Å². The standard InChI is InChI=1S/C8H5BrN2O2/c9-6-4-11-3-5(8(12)13)1-2-7(11)10-6/h1-4H,(H,12,13). The lowest BCUT2D eigenvalue weighted by molar-refractivity contribution is 0.0696. The van der Waals surface area contributed by atoms with E-state index in [1.54, 1.807) is 16.7 Å². The molecule has 0 aliphatic heterocycles. The first-order valence-electron chi connectivity index (χ1n) is 3.54. The van der Waals surface area contributed by atoms with Gasteiger partial charge in [0, 0.05) is 12.4 Å². The van der Waals surface area contributed by atoms with Crippen LogP contribution in [-0.4, -0.2) is 20.5 Å². The molecule has 0 aliphatic carbocycles. The number of halogens is 1. The molecule has 5 heteroatoms. The van der Waals surface area contributed by atoms with Gasteiger partial charge in [-0.1, -0.05) is 0 Å². The van der Waals surface area contributed by atoms with Crippen LogP contribution in [0.1, 0.15) is 10.4 Å². The summed E-state index contributed by atoms with van der Waals surface area (Å²) < 4.78 is 2.35. The molecule has 4 nitrogen and oxygen atoms in total. The molecule has 0 unspecified atom stereocenters. The van der Waals surface area contributed by atoms with E-state index >= 15 is 0 Å². The molecule has 2 heterocycles. The van der Waals surface area contributed by atoms with Crippen molar-refractivity contribution in [1.82, 2.24) is 9.38 Å². The molecule has 0 radical (unpaired) electrons. The number of carboxylic acids is 1. The normalized spacial score (nSPS) is 10.5. The zero-order chi connectivity index (χ0) is 9.42. The molecule has 2 aromatic heterocycles. The van der Waals surface area contributed by atoms with Crippen LogP contribution in [0.25, 0.3) is 5.65 Å². The zero-order valence-electron chi connectivity index (χ0n) is 6.44. The average Bonchev–Trinajstić information content (AvgIpc) is 2.42. The summed E-state index contributed by atoms with van der Waals surface area (Å²) in [5.41, 5.74) is 0.967. The third-order valence-electron chi connectivity index (χ3n) is 1.67. The van der Waals surface area contributed by atoms with Crippen molar-refractivity contribution in [3.8, 4) is 0 Å². The maximum Gasteiger partial charge on any atom is 0.337 e. The predicted molar refractivity (Wildman–Crippen MR) is 49.9 cm³/mol. The van der Waals surface area contributed by atoms with E-state index in [4.69, 9.17) is 5.11 Å². The van der Waals surface area contributed by atoms with Crippen molar-refractivity contribution in [3.05, 3.63) is 34.7 Å². The molecule has 1 N–H and O–H groups in total. The number of fused-ring (bicyclic) bond motifs is 1. The van der Waals surface area contributed by atoms with Crippen molar-refractivity contribution in [2.75, 3.05) is 0 Å². The predicted octanol–water partition coefficient (Wildman–Crippen LogP) is 1.79. The number of pyridine rings is 1. The first kappa shape index (κ1) is 8.25. The summed E-state index contributed by atoms with van der Waals surface area (Å²) in [6, 6.07) is 3.19. The van der Waals surface area contributed by atoms with E-state index < -0.39 is 5.97 Å². The maximum atomic E-state index is 10.6. The number of rotatable bonds is 1. The summed E-state index contributed by atoms with van der Waals surface area (Å²) in [6.07, 6.45) is 3.23. The van der Waals surface area contributed by atoms with Crippen molar-refractivity contribution in [2.45, 2.75) is 0 Å². The van der Waals surface area contributed by atoms with Crippen LogP contribution in [0.15, 0.2) is 29.1 Å². The van der Waals surface area contributed by atoms with Crippen molar-refractivity contribution in [1.29, 1.82) is 0 Å². The second kappa shape index (κ2) is 2.85. The van der Waals surface area contributed by atoms with Crippen molar-refractivity contribution < 1.29 is 9.90 Å². The summed E-state index contributed by atoms with van der Waals surface area (Å²) in [7, 11) is 0. The molecule has 0 saturated carbocycles. The van der Waals surface area contributed by atoms with Gasteiger partial charge in [0.2, 0.25) is 0 Å². The largest absolute Gasteiger partial charge is 0.478 e. The molecule has 0 aliphatic rings. The van der Waals surface area contributed by atoms with Gasteiger partial charge < -0.3 is 9.51 Å². The average molecular weight is 241 g/mol. The molecule has 0 spiro atoms. The Kier molecular flexibility index (Phi) is 1.81. The number of hydrogen-bond acceptors (Lipinski definition) is 2. The van der Waals surface area contributed by atoms with Gasteiger partial charge in [-0.05, 0) is 28.1 Å². The fraction of sp³-hybridized carbons (Fsp3) is 0. The molecular weight excluding hydrogens is 236 g/mol. The van der Waals surface area contributed by atoms with Crippen LogP contribution in [0.5, 0.6) is 0 Å². The Hall–Kier alpha value is -1.36. The van der Waals surface area contributed by atoms with Crippen LogP contribution >= 0.6 is 15.9 Å². The Morgan fingerprint density at radius 3 is 2.92 bits per heavy atom. The second-order valence-electron chi connectivity index (χ2n) is 2.55. The monoisotopic (exact) mass is 240 g/mol. The molecule has 0 atom stereocenters. The Morgan fingerprint density at radius 1 is 1.46 bits per heavy atom. The van der Waals surface area contributed by atoms with Gasteiger partial charge in [-0.3, -0.25) is 0 Å². The van der Waals surface area contributed by atoms with E-state index in [-0.39, 0.29) is 5.56 Å². The summed E-state index contributed by atoms with van der Waals surface area (Å²) >= 11 is 3.21. The van der Waals surface area contributed by atoms with Crippen LogP contribution in [0.4, 0.5) is 0 Å². The van der Waals surface area contributed by atoms with Crippen molar-refractivity contribution in [3.63, 3.8) is 0 Å².